The van der Waals surface area contributed by atoms with E-state index in [9.17, 15) is 19.6 Å². The van der Waals surface area contributed by atoms with Crippen molar-refractivity contribution in [3.05, 3.63) is 89.5 Å². The summed E-state index contributed by atoms with van der Waals surface area (Å²) in [4.78, 5) is 44.0. The number of benzene rings is 3. The Kier molecular flexibility index (Phi) is 8.69. The predicted octanol–water partition coefficient (Wildman–Crippen LogP) is 5.01. The Morgan fingerprint density at radius 3 is 2.32 bits per heavy atom. The molecule has 2 N–H and O–H groups in total. The number of nitriles is 1. The van der Waals surface area contributed by atoms with Gasteiger partial charge in [-0.15, -0.1) is 0 Å². The number of likely N-dealkylation sites (N-methyl/N-ethyl adjacent to an activating group) is 1. The highest BCUT2D eigenvalue weighted by Crippen LogP contribution is 2.38. The summed E-state index contributed by atoms with van der Waals surface area (Å²) < 4.78 is 5.46. The molecule has 0 radical (unpaired) electrons. The fourth-order valence-electron chi connectivity index (χ4n) is 5.14. The molecule has 226 valence electrons. The maximum atomic E-state index is 13.2. The number of fused-ring (bicyclic) bond motifs is 1. The van der Waals surface area contributed by atoms with Crippen LogP contribution in [0, 0.1) is 11.3 Å². The van der Waals surface area contributed by atoms with E-state index >= 15 is 0 Å². The number of hydrogen-bond acceptors (Lipinski definition) is 7. The van der Waals surface area contributed by atoms with Crippen LogP contribution in [-0.4, -0.2) is 73.1 Å². The molecule has 0 spiro atoms. The van der Waals surface area contributed by atoms with Crippen LogP contribution in [0.3, 0.4) is 0 Å². The molecule has 3 aromatic rings. The van der Waals surface area contributed by atoms with E-state index in [1.165, 1.54) is 0 Å². The number of hydrogen-bond donors (Lipinski definition) is 2. The van der Waals surface area contributed by atoms with Crippen molar-refractivity contribution in [3.63, 3.8) is 0 Å². The molecule has 10 nitrogen and oxygen atoms in total. The monoisotopic (exact) mass is 592 g/mol. The van der Waals surface area contributed by atoms with Crippen LogP contribution in [0.5, 0.6) is 0 Å². The van der Waals surface area contributed by atoms with Gasteiger partial charge in [0.2, 0.25) is 5.91 Å². The van der Waals surface area contributed by atoms with Crippen molar-refractivity contribution in [2.45, 2.75) is 26.4 Å². The highest BCUT2D eigenvalue weighted by Gasteiger charge is 2.29. The smallest absolute Gasteiger partial charge is 0.410 e. The summed E-state index contributed by atoms with van der Waals surface area (Å²) in [5, 5.41) is 15.6. The Balaban J connectivity index is 1.27. The molecule has 2 heterocycles. The van der Waals surface area contributed by atoms with Crippen molar-refractivity contribution >= 4 is 46.2 Å². The molecular formula is C34H36N6O4. The quantitative estimate of drug-likeness (QED) is 0.387. The summed E-state index contributed by atoms with van der Waals surface area (Å²) in [6.45, 7) is 7.97. The molecule has 10 heteroatoms. The zero-order valence-corrected chi connectivity index (χ0v) is 25.4. The lowest BCUT2D eigenvalue weighted by molar-refractivity contribution is -0.119. The summed E-state index contributed by atoms with van der Waals surface area (Å²) in [7, 11) is 1.74. The first-order chi connectivity index (χ1) is 21.0. The second-order valence-corrected chi connectivity index (χ2v) is 11.8. The Morgan fingerprint density at radius 1 is 1.00 bits per heavy atom. The van der Waals surface area contributed by atoms with Gasteiger partial charge in [-0.05, 0) is 62.7 Å². The van der Waals surface area contributed by atoms with Crippen LogP contribution in [0.1, 0.15) is 37.5 Å². The van der Waals surface area contributed by atoms with Gasteiger partial charge < -0.3 is 25.2 Å². The van der Waals surface area contributed by atoms with Crippen molar-refractivity contribution in [2.24, 2.45) is 0 Å². The maximum Gasteiger partial charge on any atom is 0.410 e. The minimum atomic E-state index is -0.544. The van der Waals surface area contributed by atoms with Crippen LogP contribution in [0.4, 0.5) is 21.9 Å². The van der Waals surface area contributed by atoms with E-state index in [4.69, 9.17) is 4.74 Å². The summed E-state index contributed by atoms with van der Waals surface area (Å²) in [6.07, 6.45) is -0.328. The minimum Gasteiger partial charge on any atom is -0.444 e. The van der Waals surface area contributed by atoms with Gasteiger partial charge in [0, 0.05) is 50.2 Å². The van der Waals surface area contributed by atoms with Gasteiger partial charge in [0.15, 0.2) is 0 Å². The van der Waals surface area contributed by atoms with Crippen LogP contribution >= 0.6 is 0 Å². The summed E-state index contributed by atoms with van der Waals surface area (Å²) in [5.74, 6) is -0.310. The van der Waals surface area contributed by atoms with Crippen molar-refractivity contribution in [1.29, 1.82) is 5.26 Å². The van der Waals surface area contributed by atoms with Crippen molar-refractivity contribution in [3.8, 4) is 6.07 Å². The molecule has 2 aliphatic rings. The summed E-state index contributed by atoms with van der Waals surface area (Å²) in [6, 6.07) is 24.3. The molecular weight excluding hydrogens is 556 g/mol. The van der Waals surface area contributed by atoms with Gasteiger partial charge in [-0.1, -0.05) is 36.4 Å². The highest BCUT2D eigenvalue weighted by molar-refractivity contribution is 6.37. The average molecular weight is 593 g/mol. The summed E-state index contributed by atoms with van der Waals surface area (Å²) in [5.41, 5.74) is 4.67. The average Bonchev–Trinajstić information content (AvgIpc) is 3.34. The van der Waals surface area contributed by atoms with E-state index in [1.807, 2.05) is 80.3 Å². The van der Waals surface area contributed by atoms with Crippen LogP contribution < -0.4 is 15.5 Å². The number of piperazine rings is 1. The van der Waals surface area contributed by atoms with Crippen molar-refractivity contribution in [1.82, 2.24) is 9.80 Å². The Morgan fingerprint density at radius 2 is 1.68 bits per heavy atom. The fraction of sp³-hybridized carbons (Fsp3) is 0.294. The molecule has 0 bridgehead atoms. The van der Waals surface area contributed by atoms with E-state index in [0.29, 0.717) is 54.3 Å². The summed E-state index contributed by atoms with van der Waals surface area (Å²) >= 11 is 0. The third-order valence-corrected chi connectivity index (χ3v) is 7.49. The number of ether oxygens (including phenoxy) is 1. The zero-order valence-electron chi connectivity index (χ0n) is 25.4. The zero-order chi connectivity index (χ0) is 31.4. The van der Waals surface area contributed by atoms with E-state index in [0.717, 1.165) is 16.9 Å². The third kappa shape index (κ3) is 6.90. The second kappa shape index (κ2) is 12.6. The van der Waals surface area contributed by atoms with E-state index in [1.54, 1.807) is 35.0 Å². The number of carbonyl (C=O) groups excluding carboxylic acids is 3. The van der Waals surface area contributed by atoms with Gasteiger partial charge in [0.05, 0.1) is 35.1 Å². The largest absolute Gasteiger partial charge is 0.444 e. The Labute approximate surface area is 257 Å². The van der Waals surface area contributed by atoms with Gasteiger partial charge in [-0.2, -0.15) is 5.26 Å². The number of carbonyl (C=O) groups is 3. The van der Waals surface area contributed by atoms with E-state index < -0.39 is 5.60 Å². The highest BCUT2D eigenvalue weighted by atomic mass is 16.6. The lowest BCUT2D eigenvalue weighted by atomic mass is 9.99. The lowest BCUT2D eigenvalue weighted by Crippen LogP contribution is -2.52. The number of nitrogens with zero attached hydrogens (tertiary/aromatic N) is 4. The Bertz CT molecular complexity index is 1630. The van der Waals surface area contributed by atoms with Gasteiger partial charge >= 0.3 is 6.09 Å². The van der Waals surface area contributed by atoms with Crippen LogP contribution in [0.2, 0.25) is 0 Å². The van der Waals surface area contributed by atoms with Gasteiger partial charge in [0.1, 0.15) is 5.60 Å². The number of nitrogens with one attached hydrogen (secondary N) is 2. The molecule has 1 saturated heterocycles. The molecule has 44 heavy (non-hydrogen) atoms. The molecule has 0 aliphatic carbocycles. The van der Waals surface area contributed by atoms with Crippen LogP contribution in [0.15, 0.2) is 72.8 Å². The SMILES string of the molecule is CN(C(=O)CN1CCN(C(=O)OC(C)(C)C)CC1)c1ccc(N/C(=C2\C(=O)Nc3cc(C#N)ccc32)c2ccccc2)cc1. The minimum absolute atomic E-state index is 0.0560. The number of anilines is 3. The molecule has 5 rings (SSSR count). The standard InChI is InChI=1S/C34H36N6O4/c1-34(2,3)44-33(43)40-18-16-39(17-19-40)22-29(41)38(4)26-13-11-25(12-14-26)36-31(24-8-6-5-7-9-24)30-27-15-10-23(21-35)20-28(27)37-32(30)42/h5-15,20,36H,16-19,22H2,1-4H3,(H,37,42)/b31-30-. The normalized spacial score (nSPS) is 16.0. The molecule has 2 aliphatic heterocycles. The molecule has 3 aromatic carbocycles. The first kappa shape index (κ1) is 30.3. The number of amides is 3. The molecule has 0 aromatic heterocycles. The van der Waals surface area contributed by atoms with Gasteiger partial charge in [0.25, 0.3) is 5.91 Å². The van der Waals surface area contributed by atoms with Crippen molar-refractivity contribution < 1.29 is 19.1 Å². The molecule has 3 amide bonds. The number of rotatable bonds is 6. The lowest BCUT2D eigenvalue weighted by Gasteiger charge is -2.35. The third-order valence-electron chi connectivity index (χ3n) is 7.49. The van der Waals surface area contributed by atoms with E-state index in [2.05, 4.69) is 16.7 Å². The molecule has 0 atom stereocenters. The van der Waals surface area contributed by atoms with Crippen molar-refractivity contribution in [2.75, 3.05) is 55.3 Å². The molecule has 0 saturated carbocycles. The van der Waals surface area contributed by atoms with Crippen LogP contribution in [0.25, 0.3) is 11.3 Å². The van der Waals surface area contributed by atoms with Gasteiger partial charge in [-0.25, -0.2) is 4.79 Å². The topological polar surface area (TPSA) is 118 Å². The second-order valence-electron chi connectivity index (χ2n) is 11.8. The first-order valence-electron chi connectivity index (χ1n) is 14.5. The fourth-order valence-corrected chi connectivity index (χ4v) is 5.14. The predicted molar refractivity (Wildman–Crippen MR) is 171 cm³/mol. The molecule has 1 fully saturated rings. The maximum absolute atomic E-state index is 13.2. The Hall–Kier alpha value is -5.14. The van der Waals surface area contributed by atoms with Crippen LogP contribution in [-0.2, 0) is 14.3 Å². The molecule has 0 unspecified atom stereocenters. The van der Waals surface area contributed by atoms with E-state index in [-0.39, 0.29) is 24.5 Å². The van der Waals surface area contributed by atoms with Gasteiger partial charge in [-0.3, -0.25) is 14.5 Å². The first-order valence-corrected chi connectivity index (χ1v) is 14.5.